The third-order valence-electron chi connectivity index (χ3n) is 4.96. The minimum absolute atomic E-state index is 0.00961. The molecule has 0 bridgehead atoms. The van der Waals surface area contributed by atoms with E-state index in [4.69, 9.17) is 40.5 Å². The maximum absolute atomic E-state index is 13.0. The summed E-state index contributed by atoms with van der Waals surface area (Å²) in [6, 6.07) is 10.7. The van der Waals surface area contributed by atoms with Crippen LogP contribution in [0.25, 0.3) is 17.1 Å². The summed E-state index contributed by atoms with van der Waals surface area (Å²) in [5.74, 6) is -1.35. The second-order valence-corrected chi connectivity index (χ2v) is 8.74. The van der Waals surface area contributed by atoms with Crippen LogP contribution in [0.4, 0.5) is 13.2 Å². The van der Waals surface area contributed by atoms with Crippen molar-refractivity contribution in [1.82, 2.24) is 29.1 Å². The summed E-state index contributed by atoms with van der Waals surface area (Å²) in [6.45, 7) is -1.04. The number of aromatic nitrogens is 6. The molecule has 0 radical (unpaired) electrons. The maximum Gasteiger partial charge on any atom is 0.390 e. The van der Waals surface area contributed by atoms with Crippen LogP contribution in [0.5, 0.6) is 0 Å². The topological polar surface area (TPSA) is 114 Å². The Kier molecular flexibility index (Phi) is 7.12. The zero-order valence-electron chi connectivity index (χ0n) is 18.0. The number of rotatable bonds is 7. The molecule has 2 aromatic heterocycles. The molecule has 15 heteroatoms. The molecule has 0 aliphatic carbocycles. The number of primary amides is 1. The summed E-state index contributed by atoms with van der Waals surface area (Å²) >= 11 is 18.3. The van der Waals surface area contributed by atoms with Crippen molar-refractivity contribution in [2.24, 2.45) is 5.73 Å². The van der Waals surface area contributed by atoms with E-state index in [1.165, 1.54) is 36.4 Å². The Morgan fingerprint density at radius 1 is 1.00 bits per heavy atom. The lowest BCUT2D eigenvalue weighted by molar-refractivity contribution is -0.136. The first-order valence-corrected chi connectivity index (χ1v) is 11.3. The Bertz CT molecular complexity index is 1470. The number of amides is 1. The number of alkyl halides is 3. The van der Waals surface area contributed by atoms with Crippen molar-refractivity contribution in [3.8, 4) is 17.1 Å². The second-order valence-electron chi connectivity index (χ2n) is 7.49. The number of hydrogen-bond donors (Lipinski definition) is 1. The molecule has 188 valence electrons. The molecule has 2 aromatic carbocycles. The van der Waals surface area contributed by atoms with Gasteiger partial charge in [-0.25, -0.2) is 19.1 Å². The van der Waals surface area contributed by atoms with Crippen LogP contribution in [0.2, 0.25) is 15.1 Å². The average molecular weight is 561 g/mol. The molecule has 0 aliphatic rings. The molecule has 0 unspecified atom stereocenters. The summed E-state index contributed by atoms with van der Waals surface area (Å²) in [6.07, 6.45) is -5.74. The van der Waals surface area contributed by atoms with Crippen LogP contribution in [0.1, 0.15) is 22.9 Å². The molecule has 2 N–H and O–H groups in total. The normalized spacial score (nSPS) is 11.7. The van der Waals surface area contributed by atoms with Crippen molar-refractivity contribution >= 4 is 40.7 Å². The smallest absolute Gasteiger partial charge is 0.363 e. The average Bonchev–Trinajstić information content (AvgIpc) is 3.34. The molecule has 0 atom stereocenters. The van der Waals surface area contributed by atoms with E-state index in [1.807, 2.05) is 0 Å². The van der Waals surface area contributed by atoms with Gasteiger partial charge in [0.15, 0.2) is 11.6 Å². The second kappa shape index (κ2) is 9.96. The Morgan fingerprint density at radius 3 is 2.22 bits per heavy atom. The quantitative estimate of drug-likeness (QED) is 0.361. The van der Waals surface area contributed by atoms with Gasteiger partial charge in [-0.1, -0.05) is 40.9 Å². The van der Waals surface area contributed by atoms with Crippen molar-refractivity contribution in [2.75, 3.05) is 0 Å². The van der Waals surface area contributed by atoms with Gasteiger partial charge in [-0.3, -0.25) is 9.36 Å². The molecule has 0 fully saturated rings. The Balaban J connectivity index is 1.78. The standard InChI is InChI=1S/C21H15Cl3F3N7O2/c22-12-6-4-11(5-7-12)18-31-33(20(36)32(18)9-8-21(25,26)27)10-15-29-19(17(28)35)34(30-15)16-13(23)2-1-3-14(16)24/h1-7H,8-10H2,(H2,28,35). The van der Waals surface area contributed by atoms with Crippen LogP contribution in [0.3, 0.4) is 0 Å². The van der Waals surface area contributed by atoms with Crippen molar-refractivity contribution in [3.05, 3.63) is 79.7 Å². The number of hydrogen-bond acceptors (Lipinski definition) is 5. The van der Waals surface area contributed by atoms with E-state index in [0.29, 0.717) is 10.6 Å². The fraction of sp³-hybridized carbons (Fsp3) is 0.190. The van der Waals surface area contributed by atoms with Crippen molar-refractivity contribution in [3.63, 3.8) is 0 Å². The van der Waals surface area contributed by atoms with Crippen LogP contribution < -0.4 is 11.4 Å². The zero-order valence-corrected chi connectivity index (χ0v) is 20.3. The highest BCUT2D eigenvalue weighted by atomic mass is 35.5. The number of benzene rings is 2. The van der Waals surface area contributed by atoms with E-state index in [1.54, 1.807) is 6.07 Å². The first-order valence-electron chi connectivity index (χ1n) is 10.1. The van der Waals surface area contributed by atoms with Crippen LogP contribution in [0, 0.1) is 0 Å². The predicted octanol–water partition coefficient (Wildman–Crippen LogP) is 4.35. The third-order valence-corrected chi connectivity index (χ3v) is 5.82. The van der Waals surface area contributed by atoms with Gasteiger partial charge in [0.1, 0.15) is 12.2 Å². The van der Waals surface area contributed by atoms with E-state index in [0.717, 1.165) is 13.9 Å². The predicted molar refractivity (Wildman–Crippen MR) is 127 cm³/mol. The SMILES string of the molecule is NC(=O)c1nc(Cn2nc(-c3ccc(Cl)cc3)n(CCC(F)(F)F)c2=O)nn1-c1c(Cl)cccc1Cl. The van der Waals surface area contributed by atoms with E-state index < -0.39 is 30.7 Å². The van der Waals surface area contributed by atoms with E-state index >= 15 is 0 Å². The molecule has 4 aromatic rings. The van der Waals surface area contributed by atoms with Crippen LogP contribution in [0.15, 0.2) is 47.3 Å². The van der Waals surface area contributed by atoms with Gasteiger partial charge >= 0.3 is 11.9 Å². The summed E-state index contributed by atoms with van der Waals surface area (Å²) in [7, 11) is 0. The Morgan fingerprint density at radius 2 is 1.64 bits per heavy atom. The highest BCUT2D eigenvalue weighted by Gasteiger charge is 2.29. The van der Waals surface area contributed by atoms with Gasteiger partial charge < -0.3 is 5.73 Å². The summed E-state index contributed by atoms with van der Waals surface area (Å²) < 4.78 is 41.6. The molecule has 0 saturated carbocycles. The molecule has 9 nitrogen and oxygen atoms in total. The minimum Gasteiger partial charge on any atom is -0.363 e. The number of halogens is 6. The van der Waals surface area contributed by atoms with E-state index in [2.05, 4.69) is 15.2 Å². The van der Waals surface area contributed by atoms with Gasteiger partial charge in [0.25, 0.3) is 5.91 Å². The first-order chi connectivity index (χ1) is 16.9. The number of nitrogens with zero attached hydrogens (tertiary/aromatic N) is 6. The van der Waals surface area contributed by atoms with Crippen LogP contribution >= 0.6 is 34.8 Å². The van der Waals surface area contributed by atoms with Crippen molar-refractivity contribution < 1.29 is 18.0 Å². The van der Waals surface area contributed by atoms with Crippen LogP contribution in [-0.4, -0.2) is 41.2 Å². The molecule has 36 heavy (non-hydrogen) atoms. The Labute approximate surface area is 215 Å². The third kappa shape index (κ3) is 5.40. The van der Waals surface area contributed by atoms with Gasteiger partial charge in [-0.2, -0.15) is 13.2 Å². The highest BCUT2D eigenvalue weighted by molar-refractivity contribution is 6.37. The fourth-order valence-corrected chi connectivity index (χ4v) is 4.04. The van der Waals surface area contributed by atoms with Gasteiger partial charge in [-0.15, -0.1) is 10.2 Å². The summed E-state index contributed by atoms with van der Waals surface area (Å²) in [5.41, 5.74) is 5.10. The maximum atomic E-state index is 13.0. The van der Waals surface area contributed by atoms with Gasteiger partial charge in [-0.05, 0) is 36.4 Å². The van der Waals surface area contributed by atoms with Gasteiger partial charge in [0.2, 0.25) is 5.82 Å². The van der Waals surface area contributed by atoms with Gasteiger partial charge in [0.05, 0.1) is 16.5 Å². The largest absolute Gasteiger partial charge is 0.390 e. The molecule has 1 amide bonds. The molecule has 0 saturated heterocycles. The molecule has 0 aliphatic heterocycles. The first kappa shape index (κ1) is 25.7. The number of nitrogens with two attached hydrogens (primary N) is 1. The lowest BCUT2D eigenvalue weighted by atomic mass is 10.2. The monoisotopic (exact) mass is 559 g/mol. The molecule has 0 spiro atoms. The fourth-order valence-electron chi connectivity index (χ4n) is 3.36. The van der Waals surface area contributed by atoms with Gasteiger partial charge in [0, 0.05) is 17.1 Å². The summed E-state index contributed by atoms with van der Waals surface area (Å²) in [5, 5.41) is 9.10. The minimum atomic E-state index is -4.50. The molecular formula is C21H15Cl3F3N7O2. The van der Waals surface area contributed by atoms with Crippen molar-refractivity contribution in [1.29, 1.82) is 0 Å². The zero-order chi connectivity index (χ0) is 26.2. The van der Waals surface area contributed by atoms with E-state index in [9.17, 15) is 22.8 Å². The molecule has 2 heterocycles. The number of carbonyl (C=O) groups is 1. The Hall–Kier alpha value is -3.35. The molecule has 4 rings (SSSR count). The van der Waals surface area contributed by atoms with E-state index in [-0.39, 0.29) is 39.8 Å². The lowest BCUT2D eigenvalue weighted by Crippen LogP contribution is -2.27. The highest BCUT2D eigenvalue weighted by Crippen LogP contribution is 2.29. The lowest BCUT2D eigenvalue weighted by Gasteiger charge is -2.08. The summed E-state index contributed by atoms with van der Waals surface area (Å²) in [4.78, 5) is 29.1. The number of para-hydroxylation sites is 1. The number of carbonyl (C=O) groups excluding carboxylic acids is 1. The van der Waals surface area contributed by atoms with Crippen LogP contribution in [-0.2, 0) is 13.1 Å². The molecular weight excluding hydrogens is 546 g/mol. The van der Waals surface area contributed by atoms with Crippen molar-refractivity contribution in [2.45, 2.75) is 25.7 Å².